The maximum atomic E-state index is 5.14. The Morgan fingerprint density at radius 1 is 0.762 bits per heavy atom. The third-order valence-corrected chi connectivity index (χ3v) is 3.54. The van der Waals surface area contributed by atoms with Gasteiger partial charge >= 0.3 is 0 Å². The number of unbranched alkanes of at least 4 members (excludes halogenated alkanes) is 1. The van der Waals surface area contributed by atoms with Gasteiger partial charge < -0.3 is 5.73 Å². The van der Waals surface area contributed by atoms with E-state index in [4.69, 9.17) is 5.73 Å². The largest absolute Gasteiger partial charge is 0.330 e. The summed E-state index contributed by atoms with van der Waals surface area (Å²) in [5, 5.41) is 0. The summed E-state index contributed by atoms with van der Waals surface area (Å²) in [7, 11) is 0. The average molecular weight is 283 g/mol. The molecule has 2 N–H and O–H groups in total. The van der Waals surface area contributed by atoms with Gasteiger partial charge in [0, 0.05) is 5.92 Å². The van der Waals surface area contributed by atoms with Crippen LogP contribution in [0.1, 0.15) is 56.6 Å². The number of rotatable bonds is 6. The van der Waals surface area contributed by atoms with E-state index in [0.29, 0.717) is 5.92 Å². The first kappa shape index (κ1) is 17.5. The normalized spacial score (nSPS) is 10.1. The van der Waals surface area contributed by atoms with Gasteiger partial charge in [-0.3, -0.25) is 0 Å². The molecule has 2 aromatic rings. The highest BCUT2D eigenvalue weighted by molar-refractivity contribution is 5.32. The molecule has 0 radical (unpaired) electrons. The molecule has 2 aromatic carbocycles. The summed E-state index contributed by atoms with van der Waals surface area (Å²) in [5.41, 5.74) is 7.99. The monoisotopic (exact) mass is 283 g/mol. The summed E-state index contributed by atoms with van der Waals surface area (Å²) >= 11 is 0. The van der Waals surface area contributed by atoms with Gasteiger partial charge in [-0.05, 0) is 30.5 Å². The van der Waals surface area contributed by atoms with Gasteiger partial charge in [-0.25, -0.2) is 0 Å². The SMILES string of the molecule is CCCC(c1ccccc1)c1ccccc1.CCCCN. The molecule has 0 aliphatic heterocycles. The molecule has 0 unspecified atom stereocenters. The third-order valence-electron chi connectivity index (χ3n) is 3.54. The van der Waals surface area contributed by atoms with Crippen molar-refractivity contribution in [2.45, 2.75) is 45.4 Å². The minimum atomic E-state index is 0.549. The van der Waals surface area contributed by atoms with Crippen molar-refractivity contribution in [3.63, 3.8) is 0 Å². The highest BCUT2D eigenvalue weighted by atomic mass is 14.5. The second-order valence-electron chi connectivity index (χ2n) is 5.30. The van der Waals surface area contributed by atoms with Crippen LogP contribution in [0.25, 0.3) is 0 Å². The summed E-state index contributed by atoms with van der Waals surface area (Å²) in [4.78, 5) is 0. The molecule has 1 heteroatoms. The first-order chi connectivity index (χ1) is 10.3. The zero-order chi connectivity index (χ0) is 15.3. The van der Waals surface area contributed by atoms with E-state index >= 15 is 0 Å². The first-order valence-electron chi connectivity index (χ1n) is 8.13. The van der Waals surface area contributed by atoms with Crippen molar-refractivity contribution in [3.05, 3.63) is 71.8 Å². The Morgan fingerprint density at radius 3 is 1.52 bits per heavy atom. The van der Waals surface area contributed by atoms with Crippen molar-refractivity contribution in [2.75, 3.05) is 6.54 Å². The number of benzene rings is 2. The molecule has 21 heavy (non-hydrogen) atoms. The molecule has 0 saturated heterocycles. The van der Waals surface area contributed by atoms with E-state index in [2.05, 4.69) is 74.5 Å². The van der Waals surface area contributed by atoms with Crippen LogP contribution in [0.15, 0.2) is 60.7 Å². The Hall–Kier alpha value is -1.60. The van der Waals surface area contributed by atoms with E-state index in [0.717, 1.165) is 6.54 Å². The van der Waals surface area contributed by atoms with Crippen LogP contribution >= 0.6 is 0 Å². The highest BCUT2D eigenvalue weighted by Crippen LogP contribution is 2.28. The Balaban J connectivity index is 0.000000383. The maximum Gasteiger partial charge on any atom is 0.00892 e. The Labute approximate surface area is 130 Å². The molecule has 0 heterocycles. The van der Waals surface area contributed by atoms with Crippen molar-refractivity contribution < 1.29 is 0 Å². The van der Waals surface area contributed by atoms with Gasteiger partial charge in [-0.2, -0.15) is 0 Å². The molecule has 114 valence electrons. The average Bonchev–Trinajstić information content (AvgIpc) is 2.56. The topological polar surface area (TPSA) is 26.0 Å². The second-order valence-corrected chi connectivity index (χ2v) is 5.30. The molecular weight excluding hydrogens is 254 g/mol. The Bertz CT molecular complexity index is 408. The smallest absolute Gasteiger partial charge is 0.00892 e. The first-order valence-corrected chi connectivity index (χ1v) is 8.13. The van der Waals surface area contributed by atoms with Crippen LogP contribution in [0.5, 0.6) is 0 Å². The number of nitrogens with two attached hydrogens (primary N) is 1. The van der Waals surface area contributed by atoms with Crippen LogP contribution in [0.3, 0.4) is 0 Å². The standard InChI is InChI=1S/C16H18.C4H11N/c1-2-9-16(14-10-5-3-6-11-14)15-12-7-4-8-13-15;1-2-3-4-5/h3-8,10-13,16H,2,9H2,1H3;2-5H2,1H3. The third kappa shape index (κ3) is 6.59. The Kier molecular flexibility index (Phi) is 9.23. The van der Waals surface area contributed by atoms with Gasteiger partial charge in [-0.15, -0.1) is 0 Å². The van der Waals surface area contributed by atoms with Gasteiger partial charge in [0.05, 0.1) is 0 Å². The molecule has 0 aliphatic carbocycles. The van der Waals surface area contributed by atoms with E-state index in [9.17, 15) is 0 Å². The molecule has 0 aromatic heterocycles. The van der Waals surface area contributed by atoms with E-state index in [1.807, 2.05) is 0 Å². The molecule has 0 aliphatic rings. The predicted octanol–water partition coefficient (Wildman–Crippen LogP) is 5.36. The quantitative estimate of drug-likeness (QED) is 0.758. The van der Waals surface area contributed by atoms with E-state index < -0.39 is 0 Å². The van der Waals surface area contributed by atoms with Gasteiger partial charge in [0.2, 0.25) is 0 Å². The highest BCUT2D eigenvalue weighted by Gasteiger charge is 2.11. The second kappa shape index (κ2) is 11.1. The fourth-order valence-electron chi connectivity index (χ4n) is 2.39. The zero-order valence-electron chi connectivity index (χ0n) is 13.5. The van der Waals surface area contributed by atoms with Crippen molar-refractivity contribution in [1.82, 2.24) is 0 Å². The molecule has 0 atom stereocenters. The van der Waals surface area contributed by atoms with Crippen molar-refractivity contribution in [2.24, 2.45) is 5.73 Å². The molecular formula is C20H29N. The van der Waals surface area contributed by atoms with Crippen molar-refractivity contribution in [3.8, 4) is 0 Å². The summed E-state index contributed by atoms with van der Waals surface area (Å²) in [6.07, 6.45) is 4.82. The Morgan fingerprint density at radius 2 is 1.24 bits per heavy atom. The molecule has 0 saturated carbocycles. The van der Waals surface area contributed by atoms with Gasteiger partial charge in [0.15, 0.2) is 0 Å². The lowest BCUT2D eigenvalue weighted by atomic mass is 9.88. The number of hydrogen-bond acceptors (Lipinski definition) is 1. The molecule has 2 rings (SSSR count). The molecule has 1 nitrogen and oxygen atoms in total. The summed E-state index contributed by atoms with van der Waals surface area (Å²) in [5.74, 6) is 0.549. The van der Waals surface area contributed by atoms with E-state index in [1.54, 1.807) is 0 Å². The predicted molar refractivity (Wildman–Crippen MR) is 93.6 cm³/mol. The lowest BCUT2D eigenvalue weighted by Gasteiger charge is -2.17. The molecule has 0 fully saturated rings. The van der Waals surface area contributed by atoms with Crippen LogP contribution in [0.2, 0.25) is 0 Å². The lowest BCUT2D eigenvalue weighted by molar-refractivity contribution is 0.698. The summed E-state index contributed by atoms with van der Waals surface area (Å²) < 4.78 is 0. The summed E-state index contributed by atoms with van der Waals surface area (Å²) in [6, 6.07) is 21.6. The van der Waals surface area contributed by atoms with Crippen LogP contribution < -0.4 is 5.73 Å². The van der Waals surface area contributed by atoms with Crippen LogP contribution in [-0.2, 0) is 0 Å². The van der Waals surface area contributed by atoms with Crippen molar-refractivity contribution >= 4 is 0 Å². The molecule has 0 amide bonds. The van der Waals surface area contributed by atoms with E-state index in [-0.39, 0.29) is 0 Å². The zero-order valence-corrected chi connectivity index (χ0v) is 13.5. The molecule has 0 spiro atoms. The summed E-state index contributed by atoms with van der Waals surface area (Å²) in [6.45, 7) is 5.22. The van der Waals surface area contributed by atoms with Crippen LogP contribution in [0, 0.1) is 0 Å². The van der Waals surface area contributed by atoms with Gasteiger partial charge in [0.1, 0.15) is 0 Å². The van der Waals surface area contributed by atoms with Crippen LogP contribution in [0.4, 0.5) is 0 Å². The van der Waals surface area contributed by atoms with E-state index in [1.165, 1.54) is 36.8 Å². The fraction of sp³-hybridized carbons (Fsp3) is 0.400. The minimum Gasteiger partial charge on any atom is -0.330 e. The van der Waals surface area contributed by atoms with Crippen LogP contribution in [-0.4, -0.2) is 6.54 Å². The van der Waals surface area contributed by atoms with Gasteiger partial charge in [-0.1, -0.05) is 87.4 Å². The van der Waals surface area contributed by atoms with Crippen molar-refractivity contribution in [1.29, 1.82) is 0 Å². The maximum absolute atomic E-state index is 5.14. The minimum absolute atomic E-state index is 0.549. The number of hydrogen-bond donors (Lipinski definition) is 1. The van der Waals surface area contributed by atoms with Gasteiger partial charge in [0.25, 0.3) is 0 Å². The molecule has 0 bridgehead atoms. The fourth-order valence-corrected chi connectivity index (χ4v) is 2.39. The lowest BCUT2D eigenvalue weighted by Crippen LogP contribution is -2.00.